The van der Waals surface area contributed by atoms with Crippen molar-refractivity contribution in [3.8, 4) is 5.75 Å². The lowest BCUT2D eigenvalue weighted by molar-refractivity contribution is -0.146. The Morgan fingerprint density at radius 3 is 1.52 bits per heavy atom. The number of alkyl carbamates (subject to hydrolysis) is 1. The molecule has 0 aromatic heterocycles. The van der Waals surface area contributed by atoms with Gasteiger partial charge >= 0.3 is 12.1 Å². The maximum Gasteiger partial charge on any atom is 0.407 e. The number of phenolic OH excluding ortho intramolecular Hbond substituents is 1. The van der Waals surface area contributed by atoms with Crippen molar-refractivity contribution in [2.75, 3.05) is 145 Å². The average molecular weight is 1150 g/mol. The van der Waals surface area contributed by atoms with Crippen LogP contribution < -0.4 is 32.3 Å². The number of aliphatic carboxylic acids is 1. The van der Waals surface area contributed by atoms with E-state index in [1.807, 2.05) is 0 Å². The van der Waals surface area contributed by atoms with Crippen molar-refractivity contribution in [1.82, 2.24) is 21.3 Å². The summed E-state index contributed by atoms with van der Waals surface area (Å²) in [7, 11) is 1.63. The van der Waals surface area contributed by atoms with Gasteiger partial charge in [0, 0.05) is 19.7 Å². The molecule has 0 saturated heterocycles. The van der Waals surface area contributed by atoms with Crippen LogP contribution in [0.5, 0.6) is 5.75 Å². The molecular weight excluding hydrogens is 1050 g/mol. The molecule has 25 heteroatoms. The smallest absolute Gasteiger partial charge is 0.407 e. The number of hydrogen-bond donors (Lipinski definition) is 8. The first-order valence-electron chi connectivity index (χ1n) is 27.6. The van der Waals surface area contributed by atoms with E-state index in [2.05, 4.69) is 26.6 Å². The van der Waals surface area contributed by atoms with Crippen LogP contribution in [0.2, 0.25) is 0 Å². The van der Waals surface area contributed by atoms with Crippen molar-refractivity contribution in [3.05, 3.63) is 23.8 Å². The van der Waals surface area contributed by atoms with Crippen molar-refractivity contribution >= 4 is 41.4 Å². The Morgan fingerprint density at radius 2 is 1.09 bits per heavy atom. The first-order valence-corrected chi connectivity index (χ1v) is 27.6. The van der Waals surface area contributed by atoms with Crippen LogP contribution in [0.4, 0.5) is 10.5 Å². The normalized spacial score (nSPS) is 13.7. The fourth-order valence-electron chi connectivity index (χ4n) is 7.24. The zero-order chi connectivity index (χ0) is 59.8. The van der Waals surface area contributed by atoms with Crippen molar-refractivity contribution in [3.63, 3.8) is 0 Å². The van der Waals surface area contributed by atoms with Crippen LogP contribution in [0.3, 0.4) is 0 Å². The molecule has 462 valence electrons. The van der Waals surface area contributed by atoms with Crippen LogP contribution in [0.1, 0.15) is 93.6 Å². The minimum Gasteiger partial charge on any atom is -0.506 e. The van der Waals surface area contributed by atoms with Crippen molar-refractivity contribution < 1.29 is 91.1 Å². The number of benzene rings is 1. The zero-order valence-electron chi connectivity index (χ0n) is 49.3. The molecule has 1 aromatic carbocycles. The van der Waals surface area contributed by atoms with Crippen LogP contribution in [-0.2, 0) is 82.5 Å². The highest BCUT2D eigenvalue weighted by atomic mass is 16.6. The Bertz CT molecular complexity index is 1880. The number of phenols is 1. The molecular formula is C55H98N6O19. The highest BCUT2D eigenvalue weighted by molar-refractivity contribution is 5.99. The minimum absolute atomic E-state index is 0.0217. The van der Waals surface area contributed by atoms with Crippen LogP contribution >= 0.6 is 0 Å². The Balaban J connectivity index is 2.28. The molecule has 80 heavy (non-hydrogen) atoms. The maximum absolute atomic E-state index is 13.4. The summed E-state index contributed by atoms with van der Waals surface area (Å²) in [6.07, 6.45) is 0.813. The number of anilines is 1. The molecule has 0 fully saturated rings. The largest absolute Gasteiger partial charge is 0.506 e. The minimum atomic E-state index is -1.12. The first kappa shape index (κ1) is 73.2. The molecule has 1 aromatic rings. The topological polar surface area (TPSA) is 331 Å². The molecule has 9 N–H and O–H groups in total. The van der Waals surface area contributed by atoms with Gasteiger partial charge in [-0.05, 0) is 88.8 Å². The molecule has 1 rings (SSSR count). The Kier molecular flexibility index (Phi) is 39.3. The number of aromatic hydroxyl groups is 1. The van der Waals surface area contributed by atoms with Crippen LogP contribution in [0.15, 0.2) is 18.2 Å². The number of carbonyl (C=O) groups excluding carboxylic acids is 5. The second-order valence-electron chi connectivity index (χ2n) is 21.2. The van der Waals surface area contributed by atoms with Gasteiger partial charge in [0.15, 0.2) is 0 Å². The fourth-order valence-corrected chi connectivity index (χ4v) is 7.24. The van der Waals surface area contributed by atoms with Gasteiger partial charge in [0.25, 0.3) is 0 Å². The van der Waals surface area contributed by atoms with Crippen LogP contribution in [0.25, 0.3) is 0 Å². The number of nitrogens with one attached hydrogen (secondary N) is 5. The number of carboxylic acids is 1. The van der Waals surface area contributed by atoms with Gasteiger partial charge in [-0.3, -0.25) is 24.0 Å². The lowest BCUT2D eigenvalue weighted by atomic mass is 9.76. The molecule has 5 atom stereocenters. The number of amides is 5. The monoisotopic (exact) mass is 1150 g/mol. The van der Waals surface area contributed by atoms with Crippen molar-refractivity contribution in [2.24, 2.45) is 23.0 Å². The van der Waals surface area contributed by atoms with Crippen LogP contribution in [0, 0.1) is 17.3 Å². The first-order chi connectivity index (χ1) is 37.9. The average Bonchev–Trinajstić information content (AvgIpc) is 3.37. The van der Waals surface area contributed by atoms with E-state index >= 15 is 0 Å². The van der Waals surface area contributed by atoms with E-state index in [9.17, 15) is 39.0 Å². The van der Waals surface area contributed by atoms with Gasteiger partial charge in [0.05, 0.1) is 137 Å². The van der Waals surface area contributed by atoms with Crippen molar-refractivity contribution in [1.29, 1.82) is 0 Å². The lowest BCUT2D eigenvalue weighted by Crippen LogP contribution is -2.56. The maximum atomic E-state index is 13.4. The third kappa shape index (κ3) is 37.3. The van der Waals surface area contributed by atoms with E-state index in [1.54, 1.807) is 68.6 Å². The summed E-state index contributed by atoms with van der Waals surface area (Å²) in [6.45, 7) is 23.6. The molecule has 25 nitrogen and oxygen atoms in total. The number of rotatable bonds is 47. The predicted molar refractivity (Wildman–Crippen MR) is 297 cm³/mol. The third-order valence-electron chi connectivity index (χ3n) is 11.6. The molecule has 0 radical (unpaired) electrons. The zero-order valence-corrected chi connectivity index (χ0v) is 49.3. The predicted octanol–water partition coefficient (Wildman–Crippen LogP) is 2.96. The quantitative estimate of drug-likeness (QED) is 0.0344. The molecule has 0 spiro atoms. The third-order valence-corrected chi connectivity index (χ3v) is 11.6. The number of unbranched alkanes of at least 4 members (excludes halogenated alkanes) is 1. The van der Waals surface area contributed by atoms with Gasteiger partial charge in [-0.2, -0.15) is 0 Å². The summed E-state index contributed by atoms with van der Waals surface area (Å²) < 4.78 is 59.3. The fraction of sp³-hybridized carbons (Fsp3) is 0.782. The van der Waals surface area contributed by atoms with Gasteiger partial charge in [-0.15, -0.1) is 0 Å². The van der Waals surface area contributed by atoms with Gasteiger partial charge in [-0.1, -0.05) is 40.7 Å². The summed E-state index contributed by atoms with van der Waals surface area (Å²) in [6, 6.07) is 0.658. The van der Waals surface area contributed by atoms with E-state index in [4.69, 9.17) is 57.8 Å². The van der Waals surface area contributed by atoms with E-state index in [1.165, 1.54) is 19.1 Å². The van der Waals surface area contributed by atoms with Crippen molar-refractivity contribution in [2.45, 2.75) is 124 Å². The Hall–Kier alpha value is -4.80. The number of hydrogen-bond acceptors (Lipinski definition) is 19. The Morgan fingerprint density at radius 1 is 0.613 bits per heavy atom. The van der Waals surface area contributed by atoms with Crippen LogP contribution in [-0.4, -0.2) is 215 Å². The van der Waals surface area contributed by atoms with E-state index in [0.717, 1.165) is 0 Å². The molecule has 0 heterocycles. The molecule has 5 amide bonds. The molecule has 1 unspecified atom stereocenters. The second kappa shape index (κ2) is 43.0. The number of carboxylic acid groups (broad SMARTS) is 1. The number of ether oxygens (including phenoxy) is 11. The van der Waals surface area contributed by atoms with Gasteiger partial charge < -0.3 is 94.6 Å². The molecule has 0 saturated carbocycles. The molecule has 0 aliphatic carbocycles. The highest BCUT2D eigenvalue weighted by Gasteiger charge is 2.35. The summed E-state index contributed by atoms with van der Waals surface area (Å²) in [4.78, 5) is 77.1. The molecule has 0 aliphatic heterocycles. The number of nitrogens with two attached hydrogens (primary N) is 1. The SMILES string of the molecule is COCCOCCOCCOCCOCCOCCOCCOCCOCCOCC(=O)NCCCC[C@H](N)C(=O)N[C@H](C(=O)N[C@@H](C)C(=O)Nc1cc(CC(C[C@@H](C(=O)O)C(C)(C)C)NC(=O)OC(C)(C)C)ccc1O)C(C)C. The van der Waals surface area contributed by atoms with Gasteiger partial charge in [0.1, 0.15) is 30.0 Å². The number of methoxy groups -OCH3 is 1. The summed E-state index contributed by atoms with van der Waals surface area (Å²) >= 11 is 0. The standard InChI is InChI=1S/C55H98N6O19/c1-39(2)48(51(66)58-40(3)49(64)60-45-36-41(14-15-46(45)62)35-42(59-53(69)80-55(7,8)9)37-43(52(67)68)54(4,5)6)61-50(65)44(56)13-11-12-16-57-47(63)38-79-34-33-78-32-31-77-30-29-76-28-27-75-26-25-74-24-23-73-22-21-72-20-19-71-18-17-70-10/h14-15,36,39-40,42-44,48,62H,11-13,16-35,37-38,56H2,1-10H3,(H,57,63)(H,58,66)(H,59,69)(H,60,64)(H,61,65)(H,67,68)/t40-,42?,43-,44-,48-/m0/s1. The lowest BCUT2D eigenvalue weighted by Gasteiger charge is -2.31. The van der Waals surface area contributed by atoms with E-state index in [0.29, 0.717) is 131 Å². The van der Waals surface area contributed by atoms with Gasteiger partial charge in [-0.25, -0.2) is 4.79 Å². The summed E-state index contributed by atoms with van der Waals surface area (Å²) in [5.74, 6) is -4.66. The number of carbonyl (C=O) groups is 6. The van der Waals surface area contributed by atoms with E-state index < -0.39 is 70.9 Å². The summed E-state index contributed by atoms with van der Waals surface area (Å²) in [5, 5.41) is 34.2. The second-order valence-corrected chi connectivity index (χ2v) is 21.2. The highest BCUT2D eigenvalue weighted by Crippen LogP contribution is 2.32. The summed E-state index contributed by atoms with van der Waals surface area (Å²) in [5.41, 5.74) is 5.32. The van der Waals surface area contributed by atoms with Gasteiger partial charge in [0.2, 0.25) is 23.6 Å². The van der Waals surface area contributed by atoms with E-state index in [-0.39, 0.29) is 62.3 Å². The Labute approximate surface area is 473 Å². The molecule has 0 bridgehead atoms. The molecule has 0 aliphatic rings.